The van der Waals surface area contributed by atoms with Crippen molar-refractivity contribution in [3.63, 3.8) is 0 Å². The minimum atomic E-state index is 0.168. The van der Waals surface area contributed by atoms with E-state index in [2.05, 4.69) is 169 Å². The van der Waals surface area contributed by atoms with Gasteiger partial charge in [-0.2, -0.15) is 20.4 Å². The summed E-state index contributed by atoms with van der Waals surface area (Å²) in [7, 11) is 10.7. The molecule has 19 heteroatoms. The first-order chi connectivity index (χ1) is 53.1. The van der Waals surface area contributed by atoms with Gasteiger partial charge in [-0.05, 0) is 274 Å². The van der Waals surface area contributed by atoms with Crippen LogP contribution in [-0.4, -0.2) is 152 Å². The van der Waals surface area contributed by atoms with Gasteiger partial charge in [0.25, 0.3) is 0 Å². The monoisotopic (exact) mass is 1490 g/mol. The van der Waals surface area contributed by atoms with Crippen LogP contribution in [0, 0.1) is 0 Å². The Bertz CT molecular complexity index is 3970. The molecule has 0 amide bonds. The maximum absolute atomic E-state index is 5.79. The fraction of sp³-hybridized carbons (Fsp3) is 0.440. The lowest BCUT2D eigenvalue weighted by Crippen LogP contribution is -2.19. The third-order valence-corrected chi connectivity index (χ3v) is 18.1. The number of ether oxygens (including phenoxy) is 4. The second-order valence-corrected chi connectivity index (χ2v) is 29.9. The van der Waals surface area contributed by atoms with Crippen molar-refractivity contribution in [2.24, 2.45) is 7.05 Å². The average molecular weight is 1490 g/mol. The van der Waals surface area contributed by atoms with E-state index in [1.807, 2.05) is 197 Å². The maximum Gasteiger partial charge on any atom is 0.119 e. The van der Waals surface area contributed by atoms with Crippen LogP contribution < -0.4 is 18.9 Å². The highest BCUT2D eigenvalue weighted by molar-refractivity contribution is 5.67. The largest absolute Gasteiger partial charge is 0.491 e. The number of benzene rings is 4. The Hall–Kier alpha value is -9.79. The number of rotatable bonds is 38. The number of hydrogen-bond donors (Lipinski definition) is 0. The summed E-state index contributed by atoms with van der Waals surface area (Å²) in [4.78, 5) is 22.2. The summed E-state index contributed by atoms with van der Waals surface area (Å²) in [5.41, 5.74) is 17.2. The van der Waals surface area contributed by atoms with E-state index >= 15 is 0 Å². The molecule has 11 rings (SSSR count). The van der Waals surface area contributed by atoms with Gasteiger partial charge in [0.1, 0.15) is 23.0 Å². The summed E-state index contributed by atoms with van der Waals surface area (Å²) in [5.74, 6) is 3.58. The van der Waals surface area contributed by atoms with Gasteiger partial charge in [0.15, 0.2) is 0 Å². The lowest BCUT2D eigenvalue weighted by molar-refractivity contribution is 0.242. The molecule has 11 aromatic rings. The Morgan fingerprint density at radius 3 is 1.06 bits per heavy atom. The molecule has 0 radical (unpaired) electrons. The van der Waals surface area contributed by atoms with Crippen LogP contribution in [0.1, 0.15) is 174 Å². The molecule has 0 bridgehead atoms. The molecule has 0 saturated heterocycles. The molecular formula is C91H125N15O4. The minimum Gasteiger partial charge on any atom is -0.491 e. The van der Waals surface area contributed by atoms with E-state index in [-0.39, 0.29) is 24.4 Å². The van der Waals surface area contributed by atoms with E-state index in [1.54, 1.807) is 6.20 Å². The molecule has 0 aliphatic rings. The minimum absolute atomic E-state index is 0.168. The van der Waals surface area contributed by atoms with E-state index in [1.165, 1.54) is 90.4 Å². The van der Waals surface area contributed by atoms with Crippen molar-refractivity contribution in [1.29, 1.82) is 0 Å². The van der Waals surface area contributed by atoms with Crippen LogP contribution in [0.3, 0.4) is 0 Å². The van der Waals surface area contributed by atoms with E-state index in [4.69, 9.17) is 34.2 Å². The second kappa shape index (κ2) is 45.4. The highest BCUT2D eigenvalue weighted by Crippen LogP contribution is 2.32. The number of aryl methyl sites for hydroxylation is 1. The summed E-state index contributed by atoms with van der Waals surface area (Å²) in [6.45, 7) is 35.3. The lowest BCUT2D eigenvalue weighted by atomic mass is 10.1. The van der Waals surface area contributed by atoms with E-state index < -0.39 is 0 Å². The molecule has 588 valence electrons. The highest BCUT2D eigenvalue weighted by atomic mass is 16.5. The Balaban J connectivity index is 0.000000185. The number of aromatic nitrogens is 11. The third-order valence-electron chi connectivity index (χ3n) is 18.1. The zero-order chi connectivity index (χ0) is 78.7. The van der Waals surface area contributed by atoms with Gasteiger partial charge in [-0.15, -0.1) is 0 Å². The summed E-state index contributed by atoms with van der Waals surface area (Å²) in [6, 6.07) is 47.2. The van der Waals surface area contributed by atoms with Crippen molar-refractivity contribution in [2.45, 2.75) is 205 Å². The molecule has 0 saturated carbocycles. The molecular weight excluding hydrogens is 1370 g/mol. The van der Waals surface area contributed by atoms with Crippen molar-refractivity contribution in [3.8, 4) is 68.0 Å². The number of hydrogen-bond acceptors (Lipinski definition) is 15. The summed E-state index contributed by atoms with van der Waals surface area (Å²) in [6.07, 6.45) is 28.0. The molecule has 0 spiro atoms. The normalized spacial score (nSPS) is 11.4. The van der Waals surface area contributed by atoms with Crippen molar-refractivity contribution in [1.82, 2.24) is 73.7 Å². The van der Waals surface area contributed by atoms with Crippen LogP contribution in [0.5, 0.6) is 23.0 Å². The molecule has 0 aliphatic heterocycles. The van der Waals surface area contributed by atoms with Crippen LogP contribution in [0.2, 0.25) is 0 Å². The zero-order valence-corrected chi connectivity index (χ0v) is 69.1. The fourth-order valence-electron chi connectivity index (χ4n) is 12.7. The smallest absolute Gasteiger partial charge is 0.119 e. The summed E-state index contributed by atoms with van der Waals surface area (Å²) < 4.78 is 31.1. The van der Waals surface area contributed by atoms with Gasteiger partial charge in [0.2, 0.25) is 0 Å². The van der Waals surface area contributed by atoms with Crippen LogP contribution in [0.25, 0.3) is 45.0 Å². The number of unbranched alkanes of at least 4 members (excludes halogenated alkanes) is 4. The van der Waals surface area contributed by atoms with Gasteiger partial charge in [-0.25, -0.2) is 0 Å². The first-order valence-corrected chi connectivity index (χ1v) is 39.9. The second-order valence-electron chi connectivity index (χ2n) is 29.9. The molecule has 0 aliphatic carbocycles. The predicted octanol–water partition coefficient (Wildman–Crippen LogP) is 19.1. The summed E-state index contributed by atoms with van der Waals surface area (Å²) >= 11 is 0. The van der Waals surface area contributed by atoms with E-state index in [9.17, 15) is 0 Å². The SMILES string of the molecule is CCCCN(C)Cc1cn(Cc2ccccn2)nc1-c1ccc(OC(C)C)cc1.CCCCN(C)Cc1cn(Cc2cccnc2)nc1-c1ccc(OC(C)C)cc1.CCCCN(C)Cc1cn(Cc2ccncc2)nc1-c1ccc(OC(C)C)cc1.CCCCN(C)Cc1cnn(C)c1-c1ccc(OC(C)C)cc1. The number of pyridine rings is 3. The Kier molecular flexibility index (Phi) is 35.4. The fourth-order valence-corrected chi connectivity index (χ4v) is 12.7. The van der Waals surface area contributed by atoms with Crippen molar-refractivity contribution in [3.05, 3.63) is 234 Å². The summed E-state index contributed by atoms with van der Waals surface area (Å²) in [5, 5.41) is 19.2. The van der Waals surface area contributed by atoms with Gasteiger partial charge in [0, 0.05) is 127 Å². The van der Waals surface area contributed by atoms with Crippen LogP contribution in [0.4, 0.5) is 0 Å². The molecule has 110 heavy (non-hydrogen) atoms. The standard InChI is InChI=1S/3C24H32N4O.C19H29N3O/c1-5-6-15-27(4)17-22-18-28(16-20-11-13-25-14-12-20)26-24(22)21-7-9-23(10-8-21)29-19(2)3;1-5-6-14-27(4)17-22-18-28(16-20-8-7-13-25-15-20)26-24(22)21-9-11-23(12-10-21)29-19(2)3;1-5-6-15-27(4)16-21-17-28(18-22-9-7-8-14-25-22)26-24(21)20-10-12-23(13-11-20)29-19(2)3;1-6-7-12-21(4)14-17-13-20-22(5)19(17)16-8-10-18(11-9-16)23-15(2)3/h7-14,18-19H,5-6,15-17H2,1-4H3;7-13,15,18-19H,5-6,14,16-17H2,1-4H3;7-14,17,19H,5-6,15-16,18H2,1-4H3;8-11,13,15H,6-7,12,14H2,1-5H3. The topological polar surface area (TPSA) is 160 Å². The molecule has 7 heterocycles. The molecule has 7 aromatic heterocycles. The third kappa shape index (κ3) is 28.9. The van der Waals surface area contributed by atoms with Crippen molar-refractivity contribution in [2.75, 3.05) is 54.4 Å². The maximum atomic E-state index is 5.79. The molecule has 0 unspecified atom stereocenters. The Morgan fingerprint density at radius 2 is 0.718 bits per heavy atom. The Morgan fingerprint density at radius 1 is 0.355 bits per heavy atom. The van der Waals surface area contributed by atoms with Gasteiger partial charge < -0.3 is 38.5 Å². The van der Waals surface area contributed by atoms with E-state index in [0.717, 1.165) is 127 Å². The quantitative estimate of drug-likeness (QED) is 0.0359. The predicted molar refractivity (Wildman–Crippen MR) is 450 cm³/mol. The van der Waals surface area contributed by atoms with Crippen LogP contribution >= 0.6 is 0 Å². The molecule has 4 aromatic carbocycles. The Labute approximate surface area is 657 Å². The molecule has 0 fully saturated rings. The molecule has 0 N–H and O–H groups in total. The van der Waals surface area contributed by atoms with Gasteiger partial charge in [0.05, 0.1) is 78.7 Å². The van der Waals surface area contributed by atoms with Gasteiger partial charge in [-0.1, -0.05) is 65.5 Å². The first kappa shape index (κ1) is 85.8. The van der Waals surface area contributed by atoms with Gasteiger partial charge in [-0.3, -0.25) is 33.7 Å². The molecule has 0 atom stereocenters. The zero-order valence-electron chi connectivity index (χ0n) is 69.1. The van der Waals surface area contributed by atoms with Gasteiger partial charge >= 0.3 is 0 Å². The van der Waals surface area contributed by atoms with E-state index in [0.29, 0.717) is 13.1 Å². The average Bonchev–Trinajstić information content (AvgIpc) is 1.68. The van der Waals surface area contributed by atoms with Crippen LogP contribution in [0.15, 0.2) is 195 Å². The first-order valence-electron chi connectivity index (χ1n) is 39.9. The number of nitrogens with zero attached hydrogens (tertiary/aromatic N) is 15. The van der Waals surface area contributed by atoms with Crippen molar-refractivity contribution >= 4 is 0 Å². The highest BCUT2D eigenvalue weighted by Gasteiger charge is 2.20. The van der Waals surface area contributed by atoms with Crippen LogP contribution in [-0.2, 0) is 52.9 Å². The van der Waals surface area contributed by atoms with Crippen molar-refractivity contribution < 1.29 is 18.9 Å². The molecule has 19 nitrogen and oxygen atoms in total. The lowest BCUT2D eigenvalue weighted by Gasteiger charge is -2.17.